The van der Waals surface area contributed by atoms with Gasteiger partial charge in [-0.25, -0.2) is 0 Å². The fraction of sp³-hybridized carbons (Fsp3) is 0.800. The van der Waals surface area contributed by atoms with Crippen LogP contribution in [0.5, 0.6) is 0 Å². The van der Waals surface area contributed by atoms with E-state index in [-0.39, 0.29) is 0 Å². The molecule has 1 aliphatic rings. The van der Waals surface area contributed by atoms with Gasteiger partial charge < -0.3 is 5.32 Å². The van der Waals surface area contributed by atoms with Gasteiger partial charge in [0.2, 0.25) is 0 Å². The summed E-state index contributed by atoms with van der Waals surface area (Å²) in [6.45, 7) is 3.32. The Morgan fingerprint density at radius 3 is 3.08 bits per heavy atom. The zero-order valence-electron chi connectivity index (χ0n) is 7.97. The van der Waals surface area contributed by atoms with Gasteiger partial charge in [0, 0.05) is 6.04 Å². The normalized spacial score (nSPS) is 24.8. The van der Waals surface area contributed by atoms with Gasteiger partial charge in [-0.3, -0.25) is 0 Å². The molecule has 66 valence electrons. The summed E-state index contributed by atoms with van der Waals surface area (Å²) in [4.78, 5) is 0. The minimum absolute atomic E-state index is 0.788. The Hall–Kier alpha value is -0.235. The molecule has 0 aromatic rings. The van der Waals surface area contributed by atoms with Crippen LogP contribution in [0.25, 0.3) is 0 Å². The Bertz CT molecular complexity index is 148. The summed E-state index contributed by atoms with van der Waals surface area (Å²) in [5.41, 5.74) is 1.31. The van der Waals surface area contributed by atoms with Crippen LogP contribution in [-0.4, -0.2) is 20.4 Å². The quantitative estimate of drug-likeness (QED) is 0.625. The molecule has 12 heavy (non-hydrogen) atoms. The van der Waals surface area contributed by atoms with Crippen molar-refractivity contribution in [1.29, 1.82) is 0 Å². The summed E-state index contributed by atoms with van der Waals surface area (Å²) in [5, 5.41) is 3.50. The molecule has 1 saturated heterocycles. The number of hydrogen-bond donors (Lipinski definition) is 1. The number of nitrogens with one attached hydrogen (secondary N) is 1. The molecular formula is C10H18BN. The van der Waals surface area contributed by atoms with Gasteiger partial charge in [-0.15, -0.1) is 5.98 Å². The molecule has 1 heterocycles. The highest BCUT2D eigenvalue weighted by molar-refractivity contribution is 6.17. The van der Waals surface area contributed by atoms with E-state index in [0.717, 1.165) is 12.5 Å². The van der Waals surface area contributed by atoms with E-state index in [2.05, 4.69) is 12.2 Å². The molecule has 2 radical (unpaired) electrons. The summed E-state index contributed by atoms with van der Waals surface area (Å²) in [6, 6.07) is 0.788. The lowest BCUT2D eigenvalue weighted by Crippen LogP contribution is -2.20. The summed E-state index contributed by atoms with van der Waals surface area (Å²) in [7, 11) is 5.39. The zero-order chi connectivity index (χ0) is 8.81. The van der Waals surface area contributed by atoms with E-state index in [1.165, 1.54) is 37.8 Å². The first-order chi connectivity index (χ1) is 5.83. The van der Waals surface area contributed by atoms with Gasteiger partial charge in [0.15, 0.2) is 0 Å². The van der Waals surface area contributed by atoms with Crippen LogP contribution in [0.3, 0.4) is 0 Å². The van der Waals surface area contributed by atoms with E-state index < -0.39 is 0 Å². The molecule has 1 aliphatic heterocycles. The topological polar surface area (TPSA) is 12.0 Å². The van der Waals surface area contributed by atoms with E-state index in [1.54, 1.807) is 5.98 Å². The number of rotatable bonds is 4. The summed E-state index contributed by atoms with van der Waals surface area (Å²) >= 11 is 0. The minimum Gasteiger partial charge on any atom is -0.314 e. The van der Waals surface area contributed by atoms with Gasteiger partial charge in [0.25, 0.3) is 0 Å². The summed E-state index contributed by atoms with van der Waals surface area (Å²) in [6.07, 6.45) is 6.47. The van der Waals surface area contributed by atoms with Gasteiger partial charge in [0.05, 0.1) is 0 Å². The van der Waals surface area contributed by atoms with Crippen molar-refractivity contribution in [3.63, 3.8) is 0 Å². The molecule has 1 nitrogen and oxygen atoms in total. The van der Waals surface area contributed by atoms with Crippen LogP contribution in [0.4, 0.5) is 0 Å². The monoisotopic (exact) mass is 163 g/mol. The predicted octanol–water partition coefficient (Wildman–Crippen LogP) is 1.98. The molecule has 0 amide bonds. The second kappa shape index (κ2) is 5.42. The lowest BCUT2D eigenvalue weighted by Gasteiger charge is -2.09. The highest BCUT2D eigenvalue weighted by atomic mass is 14.9. The molecule has 0 aromatic carbocycles. The summed E-state index contributed by atoms with van der Waals surface area (Å²) in [5.74, 6) is 1.72. The van der Waals surface area contributed by atoms with Gasteiger partial charge in [-0.2, -0.15) is 0 Å². The average molecular weight is 163 g/mol. The molecule has 0 saturated carbocycles. The molecule has 0 unspecified atom stereocenters. The molecular weight excluding hydrogens is 145 g/mol. The molecule has 2 heteroatoms. The fourth-order valence-electron chi connectivity index (χ4n) is 1.71. The second-order valence-electron chi connectivity index (χ2n) is 3.70. The highest BCUT2D eigenvalue weighted by Gasteiger charge is 2.12. The molecule has 1 atom stereocenters. The van der Waals surface area contributed by atoms with Crippen molar-refractivity contribution in [3.8, 4) is 0 Å². The Labute approximate surface area is 77.0 Å². The van der Waals surface area contributed by atoms with E-state index >= 15 is 0 Å². The molecule has 0 aromatic heterocycles. The second-order valence-corrected chi connectivity index (χ2v) is 3.70. The number of allylic oxidation sites excluding steroid dienone is 1. The zero-order valence-corrected chi connectivity index (χ0v) is 7.97. The minimum atomic E-state index is 0.788. The van der Waals surface area contributed by atoms with E-state index in [4.69, 9.17) is 7.85 Å². The predicted molar refractivity (Wildman–Crippen MR) is 54.4 cm³/mol. The van der Waals surface area contributed by atoms with E-state index in [0.29, 0.717) is 0 Å². The van der Waals surface area contributed by atoms with Crippen molar-refractivity contribution in [2.24, 2.45) is 0 Å². The maximum Gasteiger partial charge on any atom is 0.102 e. The van der Waals surface area contributed by atoms with Crippen LogP contribution in [-0.2, 0) is 0 Å². The third-order valence-corrected chi connectivity index (χ3v) is 2.57. The third kappa shape index (κ3) is 3.44. The van der Waals surface area contributed by atoms with Crippen molar-refractivity contribution in [2.45, 2.75) is 45.1 Å². The lowest BCUT2D eigenvalue weighted by atomic mass is 10.00. The number of hydrogen-bond acceptors (Lipinski definition) is 1. The van der Waals surface area contributed by atoms with Gasteiger partial charge in [0.1, 0.15) is 7.85 Å². The van der Waals surface area contributed by atoms with Crippen LogP contribution in [0.2, 0.25) is 0 Å². The van der Waals surface area contributed by atoms with Crippen molar-refractivity contribution in [3.05, 3.63) is 11.5 Å². The van der Waals surface area contributed by atoms with E-state index in [9.17, 15) is 0 Å². The van der Waals surface area contributed by atoms with E-state index in [1.807, 2.05) is 0 Å². The first-order valence-electron chi connectivity index (χ1n) is 4.93. The Kier molecular flexibility index (Phi) is 4.45. The Morgan fingerprint density at radius 1 is 1.67 bits per heavy atom. The smallest absolute Gasteiger partial charge is 0.102 e. The highest BCUT2D eigenvalue weighted by Crippen LogP contribution is 2.14. The average Bonchev–Trinajstić information content (AvgIpc) is 2.57. The van der Waals surface area contributed by atoms with Crippen molar-refractivity contribution in [2.75, 3.05) is 6.54 Å². The third-order valence-electron chi connectivity index (χ3n) is 2.57. The van der Waals surface area contributed by atoms with Gasteiger partial charge in [-0.05, 0) is 45.6 Å². The SMILES string of the molecule is [B]/C=C(/C)CCC[C@@H]1CCCN1. The Morgan fingerprint density at radius 2 is 2.50 bits per heavy atom. The maximum atomic E-state index is 5.39. The molecule has 0 spiro atoms. The van der Waals surface area contributed by atoms with Crippen LogP contribution >= 0.6 is 0 Å². The fourth-order valence-corrected chi connectivity index (χ4v) is 1.71. The Balaban J connectivity index is 2.01. The van der Waals surface area contributed by atoms with Gasteiger partial charge >= 0.3 is 0 Å². The lowest BCUT2D eigenvalue weighted by molar-refractivity contribution is 0.535. The summed E-state index contributed by atoms with van der Waals surface area (Å²) < 4.78 is 0. The van der Waals surface area contributed by atoms with Crippen molar-refractivity contribution >= 4 is 7.85 Å². The first kappa shape index (κ1) is 9.85. The van der Waals surface area contributed by atoms with Crippen LogP contribution in [0.1, 0.15) is 39.0 Å². The van der Waals surface area contributed by atoms with Crippen molar-refractivity contribution in [1.82, 2.24) is 5.32 Å². The standard InChI is InChI=1S/C10H18BN/c1-9(8-11)4-2-5-10-6-3-7-12-10/h8,10,12H,2-7H2,1H3/b9-8-/t10-/m1/s1. The maximum absolute atomic E-state index is 5.39. The largest absolute Gasteiger partial charge is 0.314 e. The van der Waals surface area contributed by atoms with Gasteiger partial charge in [-0.1, -0.05) is 5.57 Å². The van der Waals surface area contributed by atoms with Crippen LogP contribution < -0.4 is 5.32 Å². The molecule has 1 fully saturated rings. The molecule has 1 rings (SSSR count). The molecule has 0 aliphatic carbocycles. The first-order valence-corrected chi connectivity index (χ1v) is 4.93. The van der Waals surface area contributed by atoms with Crippen molar-refractivity contribution < 1.29 is 0 Å². The van der Waals surface area contributed by atoms with Crippen LogP contribution in [0, 0.1) is 0 Å². The molecule has 0 bridgehead atoms. The van der Waals surface area contributed by atoms with Crippen LogP contribution in [0.15, 0.2) is 11.5 Å². The molecule has 1 N–H and O–H groups in total.